The average molecular weight is 402 g/mol. The third-order valence-corrected chi connectivity index (χ3v) is 6.40. The molecule has 0 atom stereocenters. The van der Waals surface area contributed by atoms with Gasteiger partial charge in [-0.15, -0.1) is 22.0 Å². The first-order chi connectivity index (χ1) is 12.6. The number of carbonyl (C=O) groups excluding carboxylic acids is 1. The van der Waals surface area contributed by atoms with Crippen molar-refractivity contribution in [2.24, 2.45) is 0 Å². The fraction of sp³-hybridized carbons (Fsp3) is 0.211. The zero-order valence-corrected chi connectivity index (χ0v) is 17.0. The average Bonchev–Trinajstić information content (AvgIpc) is 3.07. The molecule has 0 bridgehead atoms. The molecular weight excluding hydrogens is 382 g/mol. The molecule has 0 saturated heterocycles. The lowest BCUT2D eigenvalue weighted by atomic mass is 10.2. The molecule has 0 aliphatic carbocycles. The quantitative estimate of drug-likeness (QED) is 0.413. The topological polar surface area (TPSA) is 54.9 Å². The van der Waals surface area contributed by atoms with Gasteiger partial charge in [0.2, 0.25) is 5.13 Å². The Bertz CT molecular complexity index is 865. The van der Waals surface area contributed by atoms with Crippen LogP contribution in [0.15, 0.2) is 63.8 Å². The molecule has 134 valence electrons. The summed E-state index contributed by atoms with van der Waals surface area (Å²) in [5, 5.41) is 12.0. The summed E-state index contributed by atoms with van der Waals surface area (Å²) in [4.78, 5) is 13.6. The second-order valence-corrected chi connectivity index (χ2v) is 9.58. The summed E-state index contributed by atoms with van der Waals surface area (Å²) in [5.41, 5.74) is 1.88. The third-order valence-electron chi connectivity index (χ3n) is 3.33. The predicted octanol–water partition coefficient (Wildman–Crippen LogP) is 5.58. The number of amides is 1. The minimum atomic E-state index is -0.154. The monoisotopic (exact) mass is 401 g/mol. The summed E-state index contributed by atoms with van der Waals surface area (Å²) in [5.74, 6) is 0.664. The van der Waals surface area contributed by atoms with Gasteiger partial charge in [-0.1, -0.05) is 79.4 Å². The standard InChI is InChI=1S/C19H19N3OS3/c1-13(2)25-19-22-21-18(26-19)20-17(23)15-10-6-7-11-16(15)24-12-14-8-4-3-5-9-14/h3-11,13H,12H2,1-2H3,(H,20,21,23). The van der Waals surface area contributed by atoms with E-state index in [0.29, 0.717) is 15.9 Å². The van der Waals surface area contributed by atoms with Gasteiger partial charge in [0, 0.05) is 15.9 Å². The van der Waals surface area contributed by atoms with Crippen LogP contribution in [0.3, 0.4) is 0 Å². The van der Waals surface area contributed by atoms with Crippen LogP contribution in [0.2, 0.25) is 0 Å². The van der Waals surface area contributed by atoms with Gasteiger partial charge in [-0.3, -0.25) is 10.1 Å². The molecular formula is C19H19N3OS3. The number of anilines is 1. The highest BCUT2D eigenvalue weighted by Gasteiger charge is 2.14. The van der Waals surface area contributed by atoms with E-state index in [1.165, 1.54) is 16.9 Å². The molecule has 0 radical (unpaired) electrons. The Morgan fingerprint density at radius 2 is 1.81 bits per heavy atom. The van der Waals surface area contributed by atoms with Gasteiger partial charge in [-0.2, -0.15) is 0 Å². The zero-order chi connectivity index (χ0) is 18.4. The first-order valence-electron chi connectivity index (χ1n) is 8.19. The van der Waals surface area contributed by atoms with Crippen LogP contribution in [0.5, 0.6) is 0 Å². The molecule has 0 aliphatic heterocycles. The summed E-state index contributed by atoms with van der Waals surface area (Å²) in [6, 6.07) is 17.9. The first kappa shape index (κ1) is 18.9. The lowest BCUT2D eigenvalue weighted by Gasteiger charge is -2.08. The van der Waals surface area contributed by atoms with Gasteiger partial charge < -0.3 is 0 Å². The fourth-order valence-corrected chi connectivity index (χ4v) is 5.17. The molecule has 26 heavy (non-hydrogen) atoms. The highest BCUT2D eigenvalue weighted by Crippen LogP contribution is 2.30. The normalized spacial score (nSPS) is 10.9. The van der Waals surface area contributed by atoms with Gasteiger partial charge in [0.05, 0.1) is 5.56 Å². The van der Waals surface area contributed by atoms with Gasteiger partial charge in [-0.25, -0.2) is 0 Å². The summed E-state index contributed by atoms with van der Waals surface area (Å²) < 4.78 is 0.863. The van der Waals surface area contributed by atoms with E-state index in [4.69, 9.17) is 0 Å². The highest BCUT2D eigenvalue weighted by atomic mass is 32.2. The maximum Gasteiger partial charge on any atom is 0.258 e. The van der Waals surface area contributed by atoms with Crippen LogP contribution in [0.25, 0.3) is 0 Å². The molecule has 0 unspecified atom stereocenters. The van der Waals surface area contributed by atoms with E-state index in [0.717, 1.165) is 15.0 Å². The van der Waals surface area contributed by atoms with E-state index in [9.17, 15) is 4.79 Å². The number of rotatable bonds is 7. The van der Waals surface area contributed by atoms with Crippen LogP contribution >= 0.6 is 34.9 Å². The molecule has 7 heteroatoms. The van der Waals surface area contributed by atoms with Crippen LogP contribution in [0.1, 0.15) is 29.8 Å². The van der Waals surface area contributed by atoms with Crippen LogP contribution < -0.4 is 5.32 Å². The zero-order valence-electron chi connectivity index (χ0n) is 14.5. The van der Waals surface area contributed by atoms with E-state index in [1.807, 2.05) is 42.5 Å². The Morgan fingerprint density at radius 1 is 1.08 bits per heavy atom. The van der Waals surface area contributed by atoms with Gasteiger partial charge >= 0.3 is 0 Å². The van der Waals surface area contributed by atoms with Crippen molar-refractivity contribution in [2.45, 2.75) is 34.1 Å². The Labute approximate surface area is 165 Å². The molecule has 0 spiro atoms. The largest absolute Gasteiger partial charge is 0.296 e. The van der Waals surface area contributed by atoms with E-state index >= 15 is 0 Å². The van der Waals surface area contributed by atoms with Gasteiger partial charge in [0.15, 0.2) is 4.34 Å². The van der Waals surface area contributed by atoms with Crippen molar-refractivity contribution in [1.82, 2.24) is 10.2 Å². The molecule has 0 aliphatic rings. The Kier molecular flexibility index (Phi) is 6.71. The molecule has 4 nitrogen and oxygen atoms in total. The second-order valence-electron chi connectivity index (χ2n) is 5.76. The maximum atomic E-state index is 12.7. The minimum absolute atomic E-state index is 0.154. The SMILES string of the molecule is CC(C)Sc1nnc(NC(=O)c2ccccc2SCc2ccccc2)s1. The highest BCUT2D eigenvalue weighted by molar-refractivity contribution is 8.01. The lowest BCUT2D eigenvalue weighted by Crippen LogP contribution is -2.12. The minimum Gasteiger partial charge on any atom is -0.296 e. The molecule has 0 fully saturated rings. The van der Waals surface area contributed by atoms with Crippen LogP contribution in [0, 0.1) is 0 Å². The van der Waals surface area contributed by atoms with Crippen molar-refractivity contribution < 1.29 is 4.79 Å². The van der Waals surface area contributed by atoms with Crippen molar-refractivity contribution in [3.63, 3.8) is 0 Å². The molecule has 1 aromatic heterocycles. The van der Waals surface area contributed by atoms with Crippen molar-refractivity contribution in [3.8, 4) is 0 Å². The lowest BCUT2D eigenvalue weighted by molar-refractivity contribution is 0.102. The smallest absolute Gasteiger partial charge is 0.258 e. The Hall–Kier alpha value is -1.83. The van der Waals surface area contributed by atoms with Crippen LogP contribution in [0.4, 0.5) is 5.13 Å². The van der Waals surface area contributed by atoms with E-state index in [-0.39, 0.29) is 5.91 Å². The van der Waals surface area contributed by atoms with Crippen molar-refractivity contribution in [1.29, 1.82) is 0 Å². The molecule has 3 rings (SSSR count). The molecule has 3 aromatic rings. The Balaban J connectivity index is 1.68. The number of nitrogens with one attached hydrogen (secondary N) is 1. The fourth-order valence-electron chi connectivity index (χ4n) is 2.19. The molecule has 1 N–H and O–H groups in total. The molecule has 2 aromatic carbocycles. The van der Waals surface area contributed by atoms with E-state index < -0.39 is 0 Å². The number of carbonyl (C=O) groups is 1. The number of nitrogens with zero attached hydrogens (tertiary/aromatic N) is 2. The third kappa shape index (κ3) is 5.33. The van der Waals surface area contributed by atoms with Crippen molar-refractivity contribution in [2.75, 3.05) is 5.32 Å². The van der Waals surface area contributed by atoms with Crippen molar-refractivity contribution in [3.05, 3.63) is 65.7 Å². The second kappa shape index (κ2) is 9.21. The molecule has 0 saturated carbocycles. The maximum absolute atomic E-state index is 12.7. The van der Waals surface area contributed by atoms with Gasteiger partial charge in [0.25, 0.3) is 5.91 Å². The molecule has 1 heterocycles. The number of hydrogen-bond donors (Lipinski definition) is 1. The Morgan fingerprint density at radius 3 is 2.58 bits per heavy atom. The first-order valence-corrected chi connectivity index (χ1v) is 10.9. The van der Waals surface area contributed by atoms with Gasteiger partial charge in [0.1, 0.15) is 0 Å². The van der Waals surface area contributed by atoms with Crippen LogP contribution in [-0.4, -0.2) is 21.4 Å². The number of aromatic nitrogens is 2. The van der Waals surface area contributed by atoms with Crippen molar-refractivity contribution >= 4 is 45.9 Å². The van der Waals surface area contributed by atoms with E-state index in [2.05, 4.69) is 41.5 Å². The predicted molar refractivity (Wildman–Crippen MR) is 111 cm³/mol. The summed E-state index contributed by atoms with van der Waals surface area (Å²) >= 11 is 4.70. The van der Waals surface area contributed by atoms with Crippen LogP contribution in [-0.2, 0) is 5.75 Å². The van der Waals surface area contributed by atoms with E-state index in [1.54, 1.807) is 23.5 Å². The van der Waals surface area contributed by atoms with Gasteiger partial charge in [-0.05, 0) is 17.7 Å². The summed E-state index contributed by atoms with van der Waals surface area (Å²) in [6.45, 7) is 4.20. The molecule has 1 amide bonds. The number of hydrogen-bond acceptors (Lipinski definition) is 6. The number of thioether (sulfide) groups is 2. The number of benzene rings is 2. The summed E-state index contributed by atoms with van der Waals surface area (Å²) in [6.07, 6.45) is 0. The summed E-state index contributed by atoms with van der Waals surface area (Å²) in [7, 11) is 0.